The zero-order valence-corrected chi connectivity index (χ0v) is 25.9. The van der Waals surface area contributed by atoms with Gasteiger partial charge in [0.15, 0.2) is 11.2 Å². The molecule has 0 amide bonds. The van der Waals surface area contributed by atoms with Gasteiger partial charge in [-0.3, -0.25) is 0 Å². The Morgan fingerprint density at radius 3 is 1.51 bits per heavy atom. The molecule has 4 aromatic heterocycles. The molecule has 6 heteroatoms. The van der Waals surface area contributed by atoms with Crippen molar-refractivity contribution >= 4 is 94.0 Å². The molecular formula is C43H24N2O4. The van der Waals surface area contributed by atoms with Crippen LogP contribution in [0.2, 0.25) is 0 Å². The predicted octanol–water partition coefficient (Wildman–Crippen LogP) is 12.7. The SMILES string of the molecule is c1ccc(-c2nc3cc4c(oc5ccccc54)c(N(c4ccc5c(c4)oc4ccccc45)c4ccc5c(c4)oc4ccccc45)c3o2)cc1. The summed E-state index contributed by atoms with van der Waals surface area (Å²) in [6.45, 7) is 0. The first-order valence-electron chi connectivity index (χ1n) is 16.2. The van der Waals surface area contributed by atoms with Crippen LogP contribution >= 0.6 is 0 Å². The normalized spacial score (nSPS) is 12.1. The number of benzene rings is 7. The molecule has 0 spiro atoms. The van der Waals surface area contributed by atoms with E-state index in [1.807, 2.05) is 84.9 Å². The summed E-state index contributed by atoms with van der Waals surface area (Å²) in [5.41, 5.74) is 9.44. The molecule has 0 aliphatic carbocycles. The first-order chi connectivity index (χ1) is 24.3. The maximum atomic E-state index is 6.73. The summed E-state index contributed by atoms with van der Waals surface area (Å²) >= 11 is 0. The van der Waals surface area contributed by atoms with Gasteiger partial charge in [-0.25, -0.2) is 4.98 Å². The second-order valence-corrected chi connectivity index (χ2v) is 12.3. The Hall–Kier alpha value is -6.79. The fraction of sp³-hybridized carbons (Fsp3) is 0. The van der Waals surface area contributed by atoms with Crippen molar-refractivity contribution in [1.29, 1.82) is 0 Å². The number of aromatic nitrogens is 1. The Morgan fingerprint density at radius 1 is 0.388 bits per heavy atom. The lowest BCUT2D eigenvalue weighted by Crippen LogP contribution is -2.10. The molecular weight excluding hydrogens is 608 g/mol. The van der Waals surface area contributed by atoms with Gasteiger partial charge in [0.25, 0.3) is 0 Å². The first kappa shape index (κ1) is 26.3. The topological polar surface area (TPSA) is 68.7 Å². The van der Waals surface area contributed by atoms with E-state index in [0.717, 1.165) is 88.4 Å². The number of furan rings is 3. The highest BCUT2D eigenvalue weighted by Crippen LogP contribution is 2.49. The number of para-hydroxylation sites is 3. The zero-order valence-electron chi connectivity index (χ0n) is 25.9. The van der Waals surface area contributed by atoms with Gasteiger partial charge in [0.2, 0.25) is 5.89 Å². The largest absolute Gasteiger partial charge is 0.456 e. The Labute approximate surface area is 278 Å². The number of oxazole rings is 1. The van der Waals surface area contributed by atoms with Gasteiger partial charge in [0, 0.05) is 50.0 Å². The number of hydrogen-bond acceptors (Lipinski definition) is 6. The van der Waals surface area contributed by atoms with Crippen molar-refractivity contribution in [3.63, 3.8) is 0 Å². The fourth-order valence-electron chi connectivity index (χ4n) is 7.25. The molecule has 11 aromatic rings. The second-order valence-electron chi connectivity index (χ2n) is 12.3. The number of anilines is 3. The molecule has 230 valence electrons. The number of fused-ring (bicyclic) bond motifs is 10. The molecule has 0 saturated carbocycles. The molecule has 0 atom stereocenters. The molecule has 0 aliphatic heterocycles. The van der Waals surface area contributed by atoms with Crippen molar-refractivity contribution in [2.45, 2.75) is 0 Å². The standard InChI is InChI=1S/C43H24N2O4/c1-2-10-25(11-3-1)43-44-34-24-33-30-14-6-9-17-37(30)48-41(33)40(42(34)49-43)45(26-18-20-31-28-12-4-7-15-35(28)46-38(31)22-26)27-19-21-32-29-13-5-8-16-36(29)47-39(32)23-27/h1-24H. The van der Waals surface area contributed by atoms with E-state index in [1.54, 1.807) is 0 Å². The van der Waals surface area contributed by atoms with Crippen LogP contribution in [0.4, 0.5) is 17.1 Å². The van der Waals surface area contributed by atoms with E-state index < -0.39 is 0 Å². The van der Waals surface area contributed by atoms with Crippen molar-refractivity contribution < 1.29 is 17.7 Å². The maximum absolute atomic E-state index is 6.73. The Balaban J connectivity index is 1.26. The van der Waals surface area contributed by atoms with E-state index in [0.29, 0.717) is 17.1 Å². The lowest BCUT2D eigenvalue weighted by molar-refractivity contribution is 0.618. The van der Waals surface area contributed by atoms with Crippen molar-refractivity contribution in [1.82, 2.24) is 4.98 Å². The summed E-state index contributed by atoms with van der Waals surface area (Å²) in [6, 6.07) is 49.0. The minimum Gasteiger partial charge on any atom is -0.456 e. The smallest absolute Gasteiger partial charge is 0.227 e. The van der Waals surface area contributed by atoms with Gasteiger partial charge in [-0.15, -0.1) is 0 Å². The monoisotopic (exact) mass is 632 g/mol. The fourth-order valence-corrected chi connectivity index (χ4v) is 7.25. The lowest BCUT2D eigenvalue weighted by atomic mass is 10.1. The van der Waals surface area contributed by atoms with E-state index in [2.05, 4.69) is 65.6 Å². The van der Waals surface area contributed by atoms with Gasteiger partial charge in [-0.1, -0.05) is 72.8 Å². The average Bonchev–Trinajstić information content (AvgIpc) is 3.93. The van der Waals surface area contributed by atoms with Crippen LogP contribution in [0.25, 0.3) is 88.4 Å². The van der Waals surface area contributed by atoms with Crippen LogP contribution in [-0.2, 0) is 0 Å². The second kappa shape index (κ2) is 9.86. The summed E-state index contributed by atoms with van der Waals surface area (Å²) < 4.78 is 26.3. The molecule has 49 heavy (non-hydrogen) atoms. The van der Waals surface area contributed by atoms with E-state index in [4.69, 9.17) is 22.7 Å². The third-order valence-corrected chi connectivity index (χ3v) is 9.48. The molecule has 0 radical (unpaired) electrons. The van der Waals surface area contributed by atoms with E-state index in [-0.39, 0.29) is 0 Å². The minimum atomic E-state index is 0.536. The van der Waals surface area contributed by atoms with Crippen LogP contribution in [0.5, 0.6) is 0 Å². The third kappa shape index (κ3) is 3.85. The summed E-state index contributed by atoms with van der Waals surface area (Å²) in [6.07, 6.45) is 0. The summed E-state index contributed by atoms with van der Waals surface area (Å²) in [7, 11) is 0. The predicted molar refractivity (Wildman–Crippen MR) is 196 cm³/mol. The molecule has 6 nitrogen and oxygen atoms in total. The molecule has 4 heterocycles. The van der Waals surface area contributed by atoms with Gasteiger partial charge >= 0.3 is 0 Å². The molecule has 0 bridgehead atoms. The minimum absolute atomic E-state index is 0.536. The molecule has 0 saturated heterocycles. The zero-order chi connectivity index (χ0) is 32.1. The van der Waals surface area contributed by atoms with Crippen molar-refractivity contribution in [3.05, 3.63) is 146 Å². The van der Waals surface area contributed by atoms with Crippen LogP contribution in [-0.4, -0.2) is 4.98 Å². The molecule has 0 unspecified atom stereocenters. The average molecular weight is 633 g/mol. The van der Waals surface area contributed by atoms with Gasteiger partial charge < -0.3 is 22.6 Å². The van der Waals surface area contributed by atoms with Crippen LogP contribution in [0.15, 0.2) is 163 Å². The first-order valence-corrected chi connectivity index (χ1v) is 16.2. The lowest BCUT2D eigenvalue weighted by Gasteiger charge is -2.25. The Bertz CT molecular complexity index is 2960. The van der Waals surface area contributed by atoms with E-state index in [1.165, 1.54) is 0 Å². The number of nitrogens with zero attached hydrogens (tertiary/aromatic N) is 2. The van der Waals surface area contributed by atoms with Crippen LogP contribution in [0.3, 0.4) is 0 Å². The van der Waals surface area contributed by atoms with Crippen LogP contribution < -0.4 is 4.90 Å². The molecule has 0 aliphatic rings. The van der Waals surface area contributed by atoms with Gasteiger partial charge in [0.05, 0.1) is 11.4 Å². The molecule has 0 N–H and O–H groups in total. The van der Waals surface area contributed by atoms with Crippen molar-refractivity contribution in [3.8, 4) is 11.5 Å². The van der Waals surface area contributed by atoms with Gasteiger partial charge in [-0.2, -0.15) is 0 Å². The Kier molecular flexibility index (Phi) is 5.29. The molecule has 11 rings (SSSR count). The summed E-state index contributed by atoms with van der Waals surface area (Å²) in [5, 5.41) is 6.19. The number of rotatable bonds is 4. The Morgan fingerprint density at radius 2 is 0.898 bits per heavy atom. The van der Waals surface area contributed by atoms with Crippen LogP contribution in [0.1, 0.15) is 0 Å². The summed E-state index contributed by atoms with van der Waals surface area (Å²) in [5.74, 6) is 0.536. The van der Waals surface area contributed by atoms with Crippen molar-refractivity contribution in [2.75, 3.05) is 4.90 Å². The maximum Gasteiger partial charge on any atom is 0.227 e. The highest BCUT2D eigenvalue weighted by atomic mass is 16.4. The quantitative estimate of drug-likeness (QED) is 0.192. The highest BCUT2D eigenvalue weighted by Gasteiger charge is 2.27. The van der Waals surface area contributed by atoms with E-state index in [9.17, 15) is 0 Å². The number of hydrogen-bond donors (Lipinski definition) is 0. The molecule has 7 aromatic carbocycles. The van der Waals surface area contributed by atoms with E-state index >= 15 is 0 Å². The third-order valence-electron chi connectivity index (χ3n) is 9.48. The van der Waals surface area contributed by atoms with Crippen LogP contribution in [0, 0.1) is 0 Å². The van der Waals surface area contributed by atoms with Crippen molar-refractivity contribution in [2.24, 2.45) is 0 Å². The summed E-state index contributed by atoms with van der Waals surface area (Å²) in [4.78, 5) is 7.21. The van der Waals surface area contributed by atoms with Gasteiger partial charge in [-0.05, 0) is 60.7 Å². The molecule has 0 fully saturated rings. The van der Waals surface area contributed by atoms with Gasteiger partial charge in [0.1, 0.15) is 39.1 Å². The highest BCUT2D eigenvalue weighted by molar-refractivity contribution is 6.18.